The molecule has 26 heavy (non-hydrogen) atoms. The molecule has 0 aromatic heterocycles. The Morgan fingerprint density at radius 1 is 0.962 bits per heavy atom. The van der Waals surface area contributed by atoms with E-state index in [1.807, 2.05) is 0 Å². The fourth-order valence-corrected chi connectivity index (χ4v) is 3.97. The molecule has 148 valence electrons. The maximum Gasteiger partial charge on any atom is 0.534 e. The van der Waals surface area contributed by atoms with Crippen molar-refractivity contribution >= 4 is 10.1 Å². The molecular weight excluding hydrogens is 365 g/mol. The van der Waals surface area contributed by atoms with Crippen molar-refractivity contribution in [3.05, 3.63) is 28.8 Å². The van der Waals surface area contributed by atoms with Crippen LogP contribution < -0.4 is 4.18 Å². The quantitative estimate of drug-likeness (QED) is 0.308. The third-order valence-electron chi connectivity index (χ3n) is 4.87. The van der Waals surface area contributed by atoms with Gasteiger partial charge in [0.25, 0.3) is 0 Å². The maximum absolute atomic E-state index is 12.6. The molecule has 2 rings (SSSR count). The SMILES string of the molecule is CCCCCCCCc1ccc(OS(=O)(=O)C(F)(F)F)c2c1CCCC2. The molecule has 1 aliphatic rings. The van der Waals surface area contributed by atoms with Crippen LogP contribution in [0.1, 0.15) is 75.0 Å². The lowest BCUT2D eigenvalue weighted by molar-refractivity contribution is -0.0500. The van der Waals surface area contributed by atoms with E-state index in [1.54, 1.807) is 6.07 Å². The predicted octanol–water partition coefficient (Wildman–Crippen LogP) is 5.70. The Bertz CT molecular complexity index is 697. The van der Waals surface area contributed by atoms with Crippen LogP contribution in [-0.2, 0) is 29.4 Å². The lowest BCUT2D eigenvalue weighted by Gasteiger charge is -2.22. The maximum atomic E-state index is 12.6. The minimum absolute atomic E-state index is 0.163. The summed E-state index contributed by atoms with van der Waals surface area (Å²) in [6.07, 6.45) is 11.0. The Morgan fingerprint density at radius 2 is 1.58 bits per heavy atom. The molecule has 0 radical (unpaired) electrons. The van der Waals surface area contributed by atoms with E-state index in [9.17, 15) is 21.6 Å². The molecule has 0 saturated heterocycles. The molecule has 0 unspecified atom stereocenters. The molecule has 0 spiro atoms. The van der Waals surface area contributed by atoms with Crippen LogP contribution in [0, 0.1) is 0 Å². The number of benzene rings is 1. The van der Waals surface area contributed by atoms with Crippen LogP contribution in [0.4, 0.5) is 13.2 Å². The minimum Gasteiger partial charge on any atom is -0.376 e. The predicted molar refractivity (Wildman–Crippen MR) is 95.8 cm³/mol. The van der Waals surface area contributed by atoms with Crippen molar-refractivity contribution < 1.29 is 25.8 Å². The standard InChI is InChI=1S/C19H27F3O3S/c1-2-3-4-5-6-7-10-15-13-14-18(17-12-9-8-11-16(15)17)25-26(23,24)19(20,21)22/h13-14H,2-12H2,1H3. The van der Waals surface area contributed by atoms with Gasteiger partial charge >= 0.3 is 15.6 Å². The first kappa shape index (κ1) is 21.1. The van der Waals surface area contributed by atoms with Gasteiger partial charge in [0.2, 0.25) is 0 Å². The van der Waals surface area contributed by atoms with Gasteiger partial charge in [-0.05, 0) is 61.3 Å². The van der Waals surface area contributed by atoms with Crippen molar-refractivity contribution in [2.24, 2.45) is 0 Å². The molecule has 0 amide bonds. The number of unbranched alkanes of at least 4 members (excludes halogenated alkanes) is 5. The monoisotopic (exact) mass is 392 g/mol. The summed E-state index contributed by atoms with van der Waals surface area (Å²) < 4.78 is 65.0. The van der Waals surface area contributed by atoms with Crippen molar-refractivity contribution in [3.63, 3.8) is 0 Å². The van der Waals surface area contributed by atoms with Crippen LogP contribution in [0.25, 0.3) is 0 Å². The molecule has 7 heteroatoms. The average Bonchev–Trinajstić information content (AvgIpc) is 2.58. The van der Waals surface area contributed by atoms with Gasteiger partial charge in [0, 0.05) is 0 Å². The molecule has 0 aliphatic heterocycles. The summed E-state index contributed by atoms with van der Waals surface area (Å²) in [5, 5.41) is 0. The number of rotatable bonds is 9. The summed E-state index contributed by atoms with van der Waals surface area (Å²) in [6.45, 7) is 2.18. The number of fused-ring (bicyclic) bond motifs is 1. The van der Waals surface area contributed by atoms with E-state index in [4.69, 9.17) is 0 Å². The molecule has 0 atom stereocenters. The van der Waals surface area contributed by atoms with Crippen LogP contribution in [0.15, 0.2) is 12.1 Å². The van der Waals surface area contributed by atoms with Crippen molar-refractivity contribution in [2.45, 2.75) is 83.1 Å². The Hall–Kier alpha value is -1.24. The Kier molecular flexibility index (Phi) is 7.38. The Morgan fingerprint density at radius 3 is 2.23 bits per heavy atom. The summed E-state index contributed by atoms with van der Waals surface area (Å²) in [7, 11) is -5.63. The van der Waals surface area contributed by atoms with E-state index in [0.29, 0.717) is 12.0 Å². The molecule has 0 heterocycles. The van der Waals surface area contributed by atoms with Crippen LogP contribution in [0.5, 0.6) is 5.75 Å². The lowest BCUT2D eigenvalue weighted by Crippen LogP contribution is -2.28. The van der Waals surface area contributed by atoms with Gasteiger partial charge in [-0.15, -0.1) is 0 Å². The molecule has 0 N–H and O–H groups in total. The normalized spacial score (nSPS) is 14.9. The molecule has 0 saturated carbocycles. The van der Waals surface area contributed by atoms with Gasteiger partial charge in [0.1, 0.15) is 5.75 Å². The van der Waals surface area contributed by atoms with Gasteiger partial charge < -0.3 is 4.18 Å². The van der Waals surface area contributed by atoms with Gasteiger partial charge in [-0.25, -0.2) is 0 Å². The first-order valence-corrected chi connectivity index (χ1v) is 10.8. The molecule has 1 aromatic rings. The molecule has 0 bridgehead atoms. The largest absolute Gasteiger partial charge is 0.534 e. The first-order chi connectivity index (χ1) is 12.3. The van der Waals surface area contributed by atoms with Crippen LogP contribution >= 0.6 is 0 Å². The fourth-order valence-electron chi connectivity index (χ4n) is 3.48. The summed E-state index contributed by atoms with van der Waals surface area (Å²) in [5.41, 5.74) is -2.68. The topological polar surface area (TPSA) is 43.4 Å². The van der Waals surface area contributed by atoms with Gasteiger partial charge in [0.15, 0.2) is 0 Å². The number of alkyl halides is 3. The zero-order valence-corrected chi connectivity index (χ0v) is 16.0. The molecule has 3 nitrogen and oxygen atoms in total. The zero-order valence-electron chi connectivity index (χ0n) is 15.2. The van der Waals surface area contributed by atoms with Crippen LogP contribution in [0.3, 0.4) is 0 Å². The molecule has 1 aliphatic carbocycles. The minimum atomic E-state index is -5.63. The Balaban J connectivity index is 2.11. The number of aryl methyl sites for hydroxylation is 1. The molecular formula is C19H27F3O3S. The summed E-state index contributed by atoms with van der Waals surface area (Å²) in [5.74, 6) is -0.163. The van der Waals surface area contributed by atoms with E-state index >= 15 is 0 Å². The van der Waals surface area contributed by atoms with E-state index in [0.717, 1.165) is 49.7 Å². The van der Waals surface area contributed by atoms with Crippen LogP contribution in [0.2, 0.25) is 0 Å². The number of halogens is 3. The second kappa shape index (κ2) is 9.11. The second-order valence-electron chi connectivity index (χ2n) is 6.89. The highest BCUT2D eigenvalue weighted by Gasteiger charge is 2.48. The van der Waals surface area contributed by atoms with Gasteiger partial charge in [-0.2, -0.15) is 21.6 Å². The van der Waals surface area contributed by atoms with Crippen molar-refractivity contribution in [3.8, 4) is 5.75 Å². The van der Waals surface area contributed by atoms with Crippen LogP contribution in [-0.4, -0.2) is 13.9 Å². The highest BCUT2D eigenvalue weighted by atomic mass is 32.2. The van der Waals surface area contributed by atoms with Gasteiger partial charge in [-0.1, -0.05) is 45.1 Å². The van der Waals surface area contributed by atoms with Crippen molar-refractivity contribution in [2.75, 3.05) is 0 Å². The lowest BCUT2D eigenvalue weighted by atomic mass is 9.86. The van der Waals surface area contributed by atoms with E-state index < -0.39 is 15.6 Å². The third kappa shape index (κ3) is 5.38. The Labute approximate surface area is 154 Å². The van der Waals surface area contributed by atoms with Gasteiger partial charge in [0.05, 0.1) is 0 Å². The number of hydrogen-bond donors (Lipinski definition) is 0. The highest BCUT2D eigenvalue weighted by molar-refractivity contribution is 7.88. The van der Waals surface area contributed by atoms with Gasteiger partial charge in [-0.3, -0.25) is 0 Å². The van der Waals surface area contributed by atoms with E-state index in [1.165, 1.54) is 31.7 Å². The number of hydrogen-bond acceptors (Lipinski definition) is 3. The fraction of sp³-hybridized carbons (Fsp3) is 0.684. The highest BCUT2D eigenvalue weighted by Crippen LogP contribution is 2.36. The smallest absolute Gasteiger partial charge is 0.376 e. The van der Waals surface area contributed by atoms with E-state index in [2.05, 4.69) is 11.1 Å². The van der Waals surface area contributed by atoms with E-state index in [-0.39, 0.29) is 5.75 Å². The molecule has 0 fully saturated rings. The summed E-state index contributed by atoms with van der Waals surface area (Å²) >= 11 is 0. The van der Waals surface area contributed by atoms with Crippen molar-refractivity contribution in [1.29, 1.82) is 0 Å². The van der Waals surface area contributed by atoms with Crippen molar-refractivity contribution in [1.82, 2.24) is 0 Å². The third-order valence-corrected chi connectivity index (χ3v) is 5.84. The molecule has 1 aromatic carbocycles. The summed E-state index contributed by atoms with van der Waals surface area (Å²) in [6, 6.07) is 3.12. The first-order valence-electron chi connectivity index (χ1n) is 9.40. The second-order valence-corrected chi connectivity index (χ2v) is 8.43. The zero-order chi connectivity index (χ0) is 19.2. The average molecular weight is 392 g/mol. The summed E-state index contributed by atoms with van der Waals surface area (Å²) in [4.78, 5) is 0.